The summed E-state index contributed by atoms with van der Waals surface area (Å²) in [6, 6.07) is 27.2. The highest BCUT2D eigenvalue weighted by atomic mass is 32.2. The van der Waals surface area contributed by atoms with Crippen LogP contribution in [0.5, 0.6) is 5.75 Å². The van der Waals surface area contributed by atoms with Crippen molar-refractivity contribution in [3.8, 4) is 5.75 Å². The van der Waals surface area contributed by atoms with Crippen LogP contribution in [0.4, 0.5) is 5.69 Å². The van der Waals surface area contributed by atoms with Crippen LogP contribution in [-0.2, 0) is 33.2 Å². The van der Waals surface area contributed by atoms with Crippen molar-refractivity contribution in [2.75, 3.05) is 45.3 Å². The normalized spacial score (nSPS) is 15.7. The number of hydrogen-bond donors (Lipinski definition) is 2. The zero-order chi connectivity index (χ0) is 39.6. The van der Waals surface area contributed by atoms with E-state index in [9.17, 15) is 9.59 Å². The number of quaternary nitrogens is 1. The Kier molecular flexibility index (Phi) is 16.8. The van der Waals surface area contributed by atoms with E-state index in [1.165, 1.54) is 11.3 Å². The number of amides is 2. The molecule has 2 heterocycles. The molecular formula is C46H60N5O4S+. The number of nitrogens with zero attached hydrogens (tertiary/aromatic N) is 3. The highest BCUT2D eigenvalue weighted by Gasteiger charge is 2.36. The third kappa shape index (κ3) is 13.0. The van der Waals surface area contributed by atoms with Gasteiger partial charge in [0.2, 0.25) is 5.91 Å². The lowest BCUT2D eigenvalue weighted by Crippen LogP contribution is -2.49. The quantitative estimate of drug-likeness (QED) is 0.0498. The first-order valence-corrected chi connectivity index (χ1v) is 21.1. The van der Waals surface area contributed by atoms with Gasteiger partial charge in [0.1, 0.15) is 30.4 Å². The van der Waals surface area contributed by atoms with E-state index in [1.807, 2.05) is 42.7 Å². The SMILES string of the molecule is CCCCOCCOc1ccc(C2=CC=C(C(=O)Nc3ccc(SCc4nccn4CCCC(=O)NC)cc3)CCC[N+]2(Cc2ccccc2)CC(C)C)cc1. The highest BCUT2D eigenvalue weighted by molar-refractivity contribution is 7.98. The van der Waals surface area contributed by atoms with Gasteiger partial charge < -0.3 is 24.7 Å². The van der Waals surface area contributed by atoms with E-state index in [-0.39, 0.29) is 11.8 Å². The average molecular weight is 779 g/mol. The fourth-order valence-corrected chi connectivity index (χ4v) is 8.09. The van der Waals surface area contributed by atoms with E-state index in [0.29, 0.717) is 37.7 Å². The van der Waals surface area contributed by atoms with Gasteiger partial charge in [-0.2, -0.15) is 0 Å². The Hall–Kier alpha value is -4.64. The topological polar surface area (TPSA) is 94.5 Å². The van der Waals surface area contributed by atoms with Crippen molar-refractivity contribution in [1.82, 2.24) is 14.9 Å². The Morgan fingerprint density at radius 3 is 2.46 bits per heavy atom. The van der Waals surface area contributed by atoms with Crippen molar-refractivity contribution in [3.63, 3.8) is 0 Å². The van der Waals surface area contributed by atoms with Gasteiger partial charge in [0.15, 0.2) is 0 Å². The van der Waals surface area contributed by atoms with Gasteiger partial charge in [-0.1, -0.05) is 57.5 Å². The number of carbonyl (C=O) groups is 2. The maximum Gasteiger partial charge on any atom is 0.251 e. The summed E-state index contributed by atoms with van der Waals surface area (Å²) in [5, 5.41) is 5.84. The molecule has 56 heavy (non-hydrogen) atoms. The Morgan fingerprint density at radius 2 is 1.73 bits per heavy atom. The smallest absolute Gasteiger partial charge is 0.251 e. The number of rotatable bonds is 21. The fourth-order valence-electron chi connectivity index (χ4n) is 7.22. The third-order valence-electron chi connectivity index (χ3n) is 9.97. The number of ether oxygens (including phenoxy) is 2. The molecule has 0 saturated carbocycles. The number of aryl methyl sites for hydroxylation is 1. The molecule has 10 heteroatoms. The van der Waals surface area contributed by atoms with Crippen LogP contribution in [0.15, 0.2) is 114 Å². The number of benzene rings is 3. The van der Waals surface area contributed by atoms with Gasteiger partial charge in [-0.15, -0.1) is 11.8 Å². The van der Waals surface area contributed by atoms with Crippen LogP contribution in [0, 0.1) is 5.92 Å². The van der Waals surface area contributed by atoms with Crippen molar-refractivity contribution >= 4 is 35.0 Å². The fraction of sp³-hybridized carbons (Fsp3) is 0.413. The maximum atomic E-state index is 13.8. The van der Waals surface area contributed by atoms with Crippen LogP contribution in [0.25, 0.3) is 5.70 Å². The third-order valence-corrected chi connectivity index (χ3v) is 11.0. The number of aromatic nitrogens is 2. The molecule has 1 aliphatic heterocycles. The zero-order valence-electron chi connectivity index (χ0n) is 33.7. The lowest BCUT2D eigenvalue weighted by atomic mass is 9.97. The number of anilines is 1. The second-order valence-electron chi connectivity index (χ2n) is 14.9. The van der Waals surface area contributed by atoms with E-state index in [0.717, 1.165) is 96.2 Å². The summed E-state index contributed by atoms with van der Waals surface area (Å²) in [4.78, 5) is 31.0. The number of thioether (sulfide) groups is 1. The summed E-state index contributed by atoms with van der Waals surface area (Å²) in [5.74, 6) is 2.95. The molecule has 3 aromatic carbocycles. The summed E-state index contributed by atoms with van der Waals surface area (Å²) in [6.07, 6.45) is 13.0. The van der Waals surface area contributed by atoms with E-state index in [1.54, 1.807) is 18.8 Å². The van der Waals surface area contributed by atoms with Crippen LogP contribution in [0.3, 0.4) is 0 Å². The number of hydrogen-bond acceptors (Lipinski definition) is 6. The molecule has 5 rings (SSSR count). The standard InChI is InChI=1S/C46H59N5O4S/c1-5-6-30-54-31-32-55-41-21-16-38(17-22-41)43-25-18-39(14-11-29-51(43,33-36(2)3)34-37-12-8-7-9-13-37)46(53)49-40-19-23-42(24-20-40)56-35-44-48-26-28-50(44)27-10-15-45(52)47-4/h7-9,12-13,16-26,28,36H,5-6,10-11,14-15,27,29-35H2,1-4H3,(H-,47,49,52,53)/p+1. The molecule has 0 fully saturated rings. The summed E-state index contributed by atoms with van der Waals surface area (Å²) < 4.78 is 14.6. The maximum absolute atomic E-state index is 13.8. The monoisotopic (exact) mass is 778 g/mol. The molecule has 1 aromatic heterocycles. The first-order valence-electron chi connectivity index (χ1n) is 20.2. The number of allylic oxidation sites excluding steroid dienone is 2. The predicted octanol–water partition coefficient (Wildman–Crippen LogP) is 9.27. The lowest BCUT2D eigenvalue weighted by Gasteiger charge is -2.42. The molecule has 1 aliphatic rings. The minimum Gasteiger partial charge on any atom is -0.491 e. The Labute approximate surface area is 338 Å². The van der Waals surface area contributed by atoms with Crippen molar-refractivity contribution in [3.05, 3.63) is 126 Å². The minimum absolute atomic E-state index is 0.0502. The molecule has 2 N–H and O–H groups in total. The van der Waals surface area contributed by atoms with Crippen LogP contribution in [0.2, 0.25) is 0 Å². The van der Waals surface area contributed by atoms with Crippen molar-refractivity contribution < 1.29 is 23.5 Å². The molecule has 0 radical (unpaired) electrons. The van der Waals surface area contributed by atoms with E-state index in [2.05, 4.69) is 102 Å². The van der Waals surface area contributed by atoms with Crippen LogP contribution >= 0.6 is 11.8 Å². The molecular weight excluding hydrogens is 719 g/mol. The predicted molar refractivity (Wildman–Crippen MR) is 228 cm³/mol. The molecule has 0 spiro atoms. The van der Waals surface area contributed by atoms with Gasteiger partial charge in [0.05, 0.1) is 25.4 Å². The summed E-state index contributed by atoms with van der Waals surface area (Å²) >= 11 is 1.70. The van der Waals surface area contributed by atoms with Gasteiger partial charge in [0.25, 0.3) is 5.91 Å². The van der Waals surface area contributed by atoms with Crippen molar-refractivity contribution in [2.24, 2.45) is 5.92 Å². The van der Waals surface area contributed by atoms with Crippen LogP contribution in [-0.4, -0.2) is 65.8 Å². The molecule has 0 saturated heterocycles. The molecule has 9 nitrogen and oxygen atoms in total. The number of imidazole rings is 1. The van der Waals surface area contributed by atoms with E-state index in [4.69, 9.17) is 9.47 Å². The van der Waals surface area contributed by atoms with Crippen LogP contribution < -0.4 is 15.4 Å². The Balaban J connectivity index is 1.30. The summed E-state index contributed by atoms with van der Waals surface area (Å²) in [5.41, 5.74) is 5.17. The van der Waals surface area contributed by atoms with Gasteiger partial charge in [-0.25, -0.2) is 4.98 Å². The molecule has 1 atom stereocenters. The van der Waals surface area contributed by atoms with Gasteiger partial charge in [0, 0.05) is 84.7 Å². The highest BCUT2D eigenvalue weighted by Crippen LogP contribution is 2.36. The summed E-state index contributed by atoms with van der Waals surface area (Å²) in [6.45, 7) is 12.1. The zero-order valence-corrected chi connectivity index (χ0v) is 34.5. The van der Waals surface area contributed by atoms with Crippen molar-refractivity contribution in [2.45, 2.75) is 83.0 Å². The first-order chi connectivity index (χ1) is 27.3. The van der Waals surface area contributed by atoms with Gasteiger partial charge >= 0.3 is 0 Å². The van der Waals surface area contributed by atoms with Gasteiger partial charge in [-0.3, -0.25) is 14.1 Å². The van der Waals surface area contributed by atoms with Gasteiger partial charge in [-0.05, 0) is 73.9 Å². The molecule has 1 unspecified atom stereocenters. The number of nitrogens with one attached hydrogen (secondary N) is 2. The van der Waals surface area contributed by atoms with E-state index < -0.39 is 0 Å². The molecule has 4 aromatic rings. The first kappa shape index (κ1) is 42.5. The molecule has 2 amide bonds. The Bertz CT molecular complexity index is 1870. The second-order valence-corrected chi connectivity index (χ2v) is 15.9. The Morgan fingerprint density at radius 1 is 0.946 bits per heavy atom. The number of unbranched alkanes of at least 4 members (excludes halogenated alkanes) is 1. The largest absolute Gasteiger partial charge is 0.491 e. The van der Waals surface area contributed by atoms with E-state index >= 15 is 0 Å². The molecule has 298 valence electrons. The average Bonchev–Trinajstić information content (AvgIpc) is 3.65. The molecule has 0 bridgehead atoms. The number of carbonyl (C=O) groups excluding carboxylic acids is 2. The van der Waals surface area contributed by atoms with Crippen LogP contribution in [0.1, 0.15) is 76.2 Å². The minimum atomic E-state index is -0.0726. The van der Waals surface area contributed by atoms with Crippen molar-refractivity contribution in [1.29, 1.82) is 0 Å². The lowest BCUT2D eigenvalue weighted by molar-refractivity contribution is -0.876. The molecule has 0 aliphatic carbocycles. The summed E-state index contributed by atoms with van der Waals surface area (Å²) in [7, 11) is 1.66. The second kappa shape index (κ2) is 22.2.